The number of fused-ring (bicyclic) bond motifs is 1. The van der Waals surface area contributed by atoms with Crippen molar-refractivity contribution in [2.45, 2.75) is 4.90 Å². The summed E-state index contributed by atoms with van der Waals surface area (Å²) in [5.41, 5.74) is 1.35. The van der Waals surface area contributed by atoms with Crippen LogP contribution in [-0.2, 0) is 14.6 Å². The molecule has 1 heterocycles. The van der Waals surface area contributed by atoms with Gasteiger partial charge >= 0.3 is 0 Å². The number of nitrogens with one attached hydrogen (secondary N) is 1. The molecule has 25 heavy (non-hydrogen) atoms. The molecule has 0 radical (unpaired) electrons. The molecule has 0 spiro atoms. The van der Waals surface area contributed by atoms with E-state index in [-0.39, 0.29) is 10.5 Å². The highest BCUT2D eigenvalue weighted by molar-refractivity contribution is 7.94. The number of hydrogen-bond acceptors (Lipinski definition) is 4. The first kappa shape index (κ1) is 17.0. The smallest absolute Gasteiger partial charge is 0.266 e. The van der Waals surface area contributed by atoms with Crippen LogP contribution in [-0.4, -0.2) is 14.3 Å². The van der Waals surface area contributed by atoms with Crippen molar-refractivity contribution in [2.24, 2.45) is 0 Å². The van der Waals surface area contributed by atoms with Gasteiger partial charge in [-0.25, -0.2) is 8.42 Å². The van der Waals surface area contributed by atoms with Gasteiger partial charge in [-0.2, -0.15) is 5.26 Å². The van der Waals surface area contributed by atoms with Crippen LogP contribution in [0.15, 0.2) is 58.3 Å². The average molecular weight is 371 g/mol. The van der Waals surface area contributed by atoms with E-state index in [0.29, 0.717) is 21.8 Å². The summed E-state index contributed by atoms with van der Waals surface area (Å²) in [7, 11) is -3.47. The van der Waals surface area contributed by atoms with Gasteiger partial charge in [0.2, 0.25) is 9.84 Å². The molecule has 1 aliphatic heterocycles. The Hall–Kier alpha value is -2.88. The Morgan fingerprint density at radius 3 is 2.72 bits per heavy atom. The second-order valence-corrected chi connectivity index (χ2v) is 7.52. The van der Waals surface area contributed by atoms with Crippen LogP contribution < -0.4 is 5.32 Å². The van der Waals surface area contributed by atoms with E-state index in [1.54, 1.807) is 36.4 Å². The van der Waals surface area contributed by atoms with E-state index in [1.807, 2.05) is 6.07 Å². The molecule has 124 valence electrons. The molecule has 7 heteroatoms. The standard InChI is InChI=1S/C18H11ClN2O3S/c19-15-3-1-2-12(9-15)8-14(11-20)18(22)21-16-5-4-13-6-7-25(23,24)17(13)10-16/h1-10H,(H,21,22). The fraction of sp³-hybridized carbons (Fsp3) is 0. The van der Waals surface area contributed by atoms with Gasteiger partial charge in [0.15, 0.2) is 0 Å². The van der Waals surface area contributed by atoms with E-state index in [9.17, 15) is 18.5 Å². The molecule has 0 aromatic heterocycles. The lowest BCUT2D eigenvalue weighted by atomic mass is 10.1. The van der Waals surface area contributed by atoms with Gasteiger partial charge in [0.1, 0.15) is 11.6 Å². The zero-order valence-electron chi connectivity index (χ0n) is 12.7. The van der Waals surface area contributed by atoms with E-state index in [1.165, 1.54) is 18.2 Å². The number of sulfone groups is 1. The maximum atomic E-state index is 12.3. The van der Waals surface area contributed by atoms with E-state index < -0.39 is 15.7 Å². The largest absolute Gasteiger partial charge is 0.321 e. The Bertz CT molecular complexity index is 1080. The maximum Gasteiger partial charge on any atom is 0.266 e. The summed E-state index contributed by atoms with van der Waals surface area (Å²) in [6.45, 7) is 0. The van der Waals surface area contributed by atoms with Crippen LogP contribution in [0.2, 0.25) is 5.02 Å². The monoisotopic (exact) mass is 370 g/mol. The fourth-order valence-corrected chi connectivity index (χ4v) is 3.77. The number of carbonyl (C=O) groups is 1. The topological polar surface area (TPSA) is 87.0 Å². The van der Waals surface area contributed by atoms with Crippen LogP contribution in [0.4, 0.5) is 5.69 Å². The summed E-state index contributed by atoms with van der Waals surface area (Å²) < 4.78 is 23.8. The zero-order chi connectivity index (χ0) is 18.0. The summed E-state index contributed by atoms with van der Waals surface area (Å²) in [4.78, 5) is 12.4. The number of nitrogens with zero attached hydrogens (tertiary/aromatic N) is 1. The molecule has 0 fully saturated rings. The van der Waals surface area contributed by atoms with Crippen molar-refractivity contribution in [1.29, 1.82) is 5.26 Å². The number of nitriles is 1. The van der Waals surface area contributed by atoms with Crippen LogP contribution >= 0.6 is 11.6 Å². The Balaban J connectivity index is 1.86. The van der Waals surface area contributed by atoms with Crippen molar-refractivity contribution < 1.29 is 13.2 Å². The predicted octanol–water partition coefficient (Wildman–Crippen LogP) is 3.64. The van der Waals surface area contributed by atoms with Gasteiger partial charge < -0.3 is 5.32 Å². The molecule has 0 saturated carbocycles. The molecule has 0 atom stereocenters. The molecule has 2 aromatic rings. The number of carbonyl (C=O) groups excluding carboxylic acids is 1. The molecule has 0 unspecified atom stereocenters. The van der Waals surface area contributed by atoms with Gasteiger partial charge in [-0.05, 0) is 47.5 Å². The zero-order valence-corrected chi connectivity index (χ0v) is 14.3. The molecule has 3 rings (SSSR count). The number of hydrogen-bond donors (Lipinski definition) is 1. The molecule has 0 aliphatic carbocycles. The summed E-state index contributed by atoms with van der Waals surface area (Å²) in [6.07, 6.45) is 2.91. The fourth-order valence-electron chi connectivity index (χ4n) is 2.34. The second kappa shape index (κ2) is 6.55. The molecule has 1 amide bonds. The third kappa shape index (κ3) is 3.63. The molecule has 5 nitrogen and oxygen atoms in total. The summed E-state index contributed by atoms with van der Waals surface area (Å²) in [6, 6.07) is 13.1. The highest BCUT2D eigenvalue weighted by atomic mass is 35.5. The molecule has 2 aromatic carbocycles. The predicted molar refractivity (Wildman–Crippen MR) is 96.3 cm³/mol. The molecule has 1 N–H and O–H groups in total. The van der Waals surface area contributed by atoms with Crippen molar-refractivity contribution in [2.75, 3.05) is 5.32 Å². The minimum atomic E-state index is -3.47. The number of rotatable bonds is 3. The Labute approximate surface area is 149 Å². The Morgan fingerprint density at radius 1 is 1.20 bits per heavy atom. The quantitative estimate of drug-likeness (QED) is 0.660. The lowest BCUT2D eigenvalue weighted by Crippen LogP contribution is -2.13. The van der Waals surface area contributed by atoms with Crippen LogP contribution in [0.3, 0.4) is 0 Å². The van der Waals surface area contributed by atoms with Crippen LogP contribution in [0.25, 0.3) is 12.2 Å². The Kier molecular flexibility index (Phi) is 4.45. The molecule has 0 bridgehead atoms. The lowest BCUT2D eigenvalue weighted by molar-refractivity contribution is -0.112. The van der Waals surface area contributed by atoms with Crippen molar-refractivity contribution in [3.05, 3.63) is 69.6 Å². The Morgan fingerprint density at radius 2 is 2.00 bits per heavy atom. The normalized spacial score (nSPS) is 14.6. The van der Waals surface area contributed by atoms with Gasteiger partial charge in [-0.3, -0.25) is 4.79 Å². The van der Waals surface area contributed by atoms with E-state index in [2.05, 4.69) is 5.32 Å². The van der Waals surface area contributed by atoms with Crippen LogP contribution in [0, 0.1) is 11.3 Å². The van der Waals surface area contributed by atoms with Gasteiger partial charge in [0, 0.05) is 16.1 Å². The van der Waals surface area contributed by atoms with E-state index in [0.717, 1.165) is 5.41 Å². The molecule has 1 aliphatic rings. The van der Waals surface area contributed by atoms with Crippen molar-refractivity contribution in [3.8, 4) is 6.07 Å². The molecule has 0 saturated heterocycles. The van der Waals surface area contributed by atoms with Crippen molar-refractivity contribution in [1.82, 2.24) is 0 Å². The number of anilines is 1. The number of halogens is 1. The van der Waals surface area contributed by atoms with Gasteiger partial charge in [-0.1, -0.05) is 29.8 Å². The summed E-state index contributed by atoms with van der Waals surface area (Å²) >= 11 is 5.89. The highest BCUT2D eigenvalue weighted by Gasteiger charge is 2.21. The maximum absolute atomic E-state index is 12.3. The first-order valence-electron chi connectivity index (χ1n) is 7.15. The van der Waals surface area contributed by atoms with Crippen molar-refractivity contribution in [3.63, 3.8) is 0 Å². The average Bonchev–Trinajstić information content (AvgIpc) is 2.87. The van der Waals surface area contributed by atoms with Crippen molar-refractivity contribution >= 4 is 45.2 Å². The number of benzene rings is 2. The van der Waals surface area contributed by atoms with Gasteiger partial charge in [-0.15, -0.1) is 0 Å². The highest BCUT2D eigenvalue weighted by Crippen LogP contribution is 2.29. The second-order valence-electron chi connectivity index (χ2n) is 5.28. The summed E-state index contributed by atoms with van der Waals surface area (Å²) in [5.74, 6) is -0.634. The molecular weight excluding hydrogens is 360 g/mol. The minimum absolute atomic E-state index is 0.122. The van der Waals surface area contributed by atoms with Gasteiger partial charge in [0.05, 0.1) is 4.90 Å². The molecular formula is C18H11ClN2O3S. The third-order valence-corrected chi connectivity index (χ3v) is 5.23. The van der Waals surface area contributed by atoms with E-state index >= 15 is 0 Å². The third-order valence-electron chi connectivity index (χ3n) is 3.53. The summed E-state index contributed by atoms with van der Waals surface area (Å²) in [5, 5.41) is 13.4. The number of amides is 1. The first-order chi connectivity index (χ1) is 11.9. The van der Waals surface area contributed by atoms with Crippen LogP contribution in [0.5, 0.6) is 0 Å². The SMILES string of the molecule is N#CC(=Cc1cccc(Cl)c1)C(=O)Nc1ccc2c(c1)S(=O)(=O)C=C2. The van der Waals surface area contributed by atoms with E-state index in [4.69, 9.17) is 11.6 Å². The minimum Gasteiger partial charge on any atom is -0.321 e. The first-order valence-corrected chi connectivity index (χ1v) is 9.07. The van der Waals surface area contributed by atoms with Gasteiger partial charge in [0.25, 0.3) is 5.91 Å². The van der Waals surface area contributed by atoms with Crippen LogP contribution in [0.1, 0.15) is 11.1 Å². The lowest BCUT2D eigenvalue weighted by Gasteiger charge is -2.07.